The molecule has 0 aliphatic carbocycles. The van der Waals surface area contributed by atoms with Crippen LogP contribution in [0.1, 0.15) is 35.0 Å². The Balaban J connectivity index is 1.49. The van der Waals surface area contributed by atoms with Gasteiger partial charge in [-0.15, -0.1) is 0 Å². The van der Waals surface area contributed by atoms with Gasteiger partial charge >= 0.3 is 0 Å². The number of hydrogen-bond acceptors (Lipinski definition) is 3. The van der Waals surface area contributed by atoms with Gasteiger partial charge in [0, 0.05) is 11.9 Å². The highest BCUT2D eigenvalue weighted by molar-refractivity contribution is 6.04. The number of ether oxygens (including phenoxy) is 1. The van der Waals surface area contributed by atoms with Crippen molar-refractivity contribution in [2.45, 2.75) is 26.5 Å². The maximum absolute atomic E-state index is 12.5. The average molecular weight is 399 g/mol. The first kappa shape index (κ1) is 19.7. The Hall–Kier alpha value is -3.60. The zero-order chi connectivity index (χ0) is 20.8. The van der Waals surface area contributed by atoms with E-state index in [1.165, 1.54) is 0 Å². The number of carbonyl (C=O) groups excluding carboxylic acids is 1. The van der Waals surface area contributed by atoms with Crippen LogP contribution in [0.25, 0.3) is 10.9 Å². The monoisotopic (exact) mass is 399 g/mol. The predicted molar refractivity (Wildman–Crippen MR) is 119 cm³/mol. The van der Waals surface area contributed by atoms with Crippen LogP contribution in [0, 0.1) is 0 Å². The molecule has 1 heterocycles. The third-order valence-electron chi connectivity index (χ3n) is 4.91. The summed E-state index contributed by atoms with van der Waals surface area (Å²) in [5, 5.41) is 8.40. The van der Waals surface area contributed by atoms with E-state index >= 15 is 0 Å². The van der Waals surface area contributed by atoms with Gasteiger partial charge in [0.05, 0.1) is 12.1 Å². The van der Waals surface area contributed by atoms with E-state index in [1.54, 1.807) is 0 Å². The molecule has 0 aliphatic heterocycles. The van der Waals surface area contributed by atoms with Gasteiger partial charge in [-0.05, 0) is 35.7 Å². The van der Waals surface area contributed by atoms with Crippen molar-refractivity contribution in [3.8, 4) is 5.75 Å². The van der Waals surface area contributed by atoms with Crippen molar-refractivity contribution in [1.29, 1.82) is 0 Å². The van der Waals surface area contributed by atoms with Gasteiger partial charge in [-0.1, -0.05) is 67.6 Å². The Morgan fingerprint density at radius 3 is 2.43 bits per heavy atom. The molecule has 0 bridgehead atoms. The van der Waals surface area contributed by atoms with Crippen molar-refractivity contribution in [1.82, 2.24) is 15.1 Å². The Morgan fingerprint density at radius 2 is 1.67 bits per heavy atom. The summed E-state index contributed by atoms with van der Waals surface area (Å²) < 4.78 is 7.75. The van der Waals surface area contributed by atoms with Crippen LogP contribution >= 0.6 is 0 Å². The lowest BCUT2D eigenvalue weighted by atomic mass is 10.2. The van der Waals surface area contributed by atoms with Gasteiger partial charge in [-0.2, -0.15) is 5.10 Å². The molecule has 0 spiro atoms. The Bertz CT molecular complexity index is 1120. The maximum Gasteiger partial charge on any atom is 0.272 e. The maximum atomic E-state index is 12.5. The van der Waals surface area contributed by atoms with Crippen molar-refractivity contribution in [2.24, 2.45) is 0 Å². The zero-order valence-electron chi connectivity index (χ0n) is 17.0. The molecule has 0 fully saturated rings. The average Bonchev–Trinajstić information content (AvgIpc) is 3.16. The fraction of sp³-hybridized carbons (Fsp3) is 0.200. The number of para-hydroxylation sites is 1. The molecule has 0 atom stereocenters. The number of benzene rings is 3. The molecular weight excluding hydrogens is 374 g/mol. The van der Waals surface area contributed by atoms with Gasteiger partial charge in [-0.3, -0.25) is 9.48 Å². The van der Waals surface area contributed by atoms with Crippen molar-refractivity contribution in [2.75, 3.05) is 6.54 Å². The number of amides is 1. The number of aromatic nitrogens is 2. The van der Waals surface area contributed by atoms with Crippen molar-refractivity contribution >= 4 is 16.8 Å². The zero-order valence-corrected chi connectivity index (χ0v) is 17.0. The Kier molecular flexibility index (Phi) is 6.09. The van der Waals surface area contributed by atoms with Gasteiger partial charge in [0.2, 0.25) is 0 Å². The molecule has 152 valence electrons. The lowest BCUT2D eigenvalue weighted by Crippen LogP contribution is -2.24. The van der Waals surface area contributed by atoms with Crippen LogP contribution in [0.3, 0.4) is 0 Å². The van der Waals surface area contributed by atoms with Gasteiger partial charge in [-0.25, -0.2) is 0 Å². The van der Waals surface area contributed by atoms with Crippen LogP contribution in [0.15, 0.2) is 78.9 Å². The summed E-state index contributed by atoms with van der Waals surface area (Å²) >= 11 is 0. The molecule has 0 radical (unpaired) electrons. The molecule has 0 unspecified atom stereocenters. The number of nitrogens with zero attached hydrogens (tertiary/aromatic N) is 2. The van der Waals surface area contributed by atoms with Gasteiger partial charge in [0.25, 0.3) is 5.91 Å². The smallest absolute Gasteiger partial charge is 0.272 e. The van der Waals surface area contributed by atoms with E-state index in [0.717, 1.165) is 34.2 Å². The van der Waals surface area contributed by atoms with Crippen molar-refractivity contribution in [3.05, 3.63) is 95.7 Å². The molecule has 0 saturated carbocycles. The Morgan fingerprint density at radius 1 is 0.933 bits per heavy atom. The molecule has 30 heavy (non-hydrogen) atoms. The molecule has 3 aromatic carbocycles. The highest BCUT2D eigenvalue weighted by atomic mass is 16.5. The number of carbonyl (C=O) groups is 1. The number of fused-ring (bicyclic) bond motifs is 1. The van der Waals surface area contributed by atoms with Crippen LogP contribution in [0.2, 0.25) is 0 Å². The SMILES string of the molecule is CCCNC(=O)c1nn(Cc2ccc(OCc3ccccc3)cc2)c2ccccc12. The van der Waals surface area contributed by atoms with E-state index in [2.05, 4.69) is 10.4 Å². The predicted octanol–water partition coefficient (Wildman–Crippen LogP) is 4.80. The van der Waals surface area contributed by atoms with E-state index in [0.29, 0.717) is 25.4 Å². The van der Waals surface area contributed by atoms with Gasteiger partial charge < -0.3 is 10.1 Å². The fourth-order valence-electron chi connectivity index (χ4n) is 3.34. The first-order chi connectivity index (χ1) is 14.7. The standard InChI is InChI=1S/C25H25N3O2/c1-2-16-26-25(29)24-22-10-6-7-11-23(22)28(27-24)17-19-12-14-21(15-13-19)30-18-20-8-4-3-5-9-20/h3-15H,2,16-18H2,1H3,(H,26,29). The third-order valence-corrected chi connectivity index (χ3v) is 4.91. The summed E-state index contributed by atoms with van der Waals surface area (Å²) in [6, 6.07) is 26.0. The largest absolute Gasteiger partial charge is 0.489 e. The molecule has 1 aromatic heterocycles. The fourth-order valence-corrected chi connectivity index (χ4v) is 3.34. The van der Waals surface area contributed by atoms with E-state index < -0.39 is 0 Å². The van der Waals surface area contributed by atoms with Crippen LogP contribution < -0.4 is 10.1 Å². The molecule has 0 saturated heterocycles. The van der Waals surface area contributed by atoms with Crippen LogP contribution in [-0.2, 0) is 13.2 Å². The summed E-state index contributed by atoms with van der Waals surface area (Å²) in [6.07, 6.45) is 0.892. The van der Waals surface area contributed by atoms with E-state index in [4.69, 9.17) is 4.74 Å². The van der Waals surface area contributed by atoms with E-state index in [9.17, 15) is 4.79 Å². The summed E-state index contributed by atoms with van der Waals surface area (Å²) in [5.41, 5.74) is 3.65. The highest BCUT2D eigenvalue weighted by Gasteiger charge is 2.16. The molecule has 5 heteroatoms. The molecule has 4 aromatic rings. The summed E-state index contributed by atoms with van der Waals surface area (Å²) in [6.45, 7) is 3.80. The highest BCUT2D eigenvalue weighted by Crippen LogP contribution is 2.21. The van der Waals surface area contributed by atoms with Crippen LogP contribution in [0.4, 0.5) is 0 Å². The van der Waals surface area contributed by atoms with Crippen molar-refractivity contribution < 1.29 is 9.53 Å². The third kappa shape index (κ3) is 4.51. The van der Waals surface area contributed by atoms with Crippen LogP contribution in [0.5, 0.6) is 5.75 Å². The minimum absolute atomic E-state index is 0.128. The topological polar surface area (TPSA) is 56.2 Å². The van der Waals surface area contributed by atoms with Gasteiger partial charge in [0.15, 0.2) is 5.69 Å². The number of hydrogen-bond donors (Lipinski definition) is 1. The molecule has 5 nitrogen and oxygen atoms in total. The molecular formula is C25H25N3O2. The van der Waals surface area contributed by atoms with Crippen LogP contribution in [-0.4, -0.2) is 22.2 Å². The van der Waals surface area contributed by atoms with E-state index in [1.807, 2.05) is 90.5 Å². The minimum atomic E-state index is -0.128. The first-order valence-electron chi connectivity index (χ1n) is 10.2. The summed E-state index contributed by atoms with van der Waals surface area (Å²) in [5.74, 6) is 0.698. The summed E-state index contributed by atoms with van der Waals surface area (Å²) in [4.78, 5) is 12.5. The summed E-state index contributed by atoms with van der Waals surface area (Å²) in [7, 11) is 0. The second kappa shape index (κ2) is 9.27. The Labute approximate surface area is 176 Å². The molecule has 1 amide bonds. The number of rotatable bonds is 8. The lowest BCUT2D eigenvalue weighted by Gasteiger charge is -2.08. The minimum Gasteiger partial charge on any atom is -0.489 e. The first-order valence-corrected chi connectivity index (χ1v) is 10.2. The molecule has 4 rings (SSSR count). The molecule has 1 N–H and O–H groups in total. The second-order valence-electron chi connectivity index (χ2n) is 7.20. The normalized spacial score (nSPS) is 10.8. The lowest BCUT2D eigenvalue weighted by molar-refractivity contribution is 0.0949. The van der Waals surface area contributed by atoms with Crippen molar-refractivity contribution in [3.63, 3.8) is 0 Å². The second-order valence-corrected chi connectivity index (χ2v) is 7.20. The quantitative estimate of drug-likeness (QED) is 0.463. The molecule has 0 aliphatic rings. The van der Waals surface area contributed by atoms with Gasteiger partial charge in [0.1, 0.15) is 12.4 Å². The van der Waals surface area contributed by atoms with E-state index in [-0.39, 0.29) is 5.91 Å². The number of nitrogens with one attached hydrogen (secondary N) is 1.